The Hall–Kier alpha value is -4.48. The number of likely N-dealkylation sites (tertiary alicyclic amines) is 1. The van der Waals surface area contributed by atoms with E-state index in [0.29, 0.717) is 50.8 Å². The van der Waals surface area contributed by atoms with Crippen LogP contribution in [0, 0.1) is 11.8 Å². The number of unbranched alkanes of at least 4 members (excludes halogenated alkanes) is 2. The highest BCUT2D eigenvalue weighted by atomic mass is 16.5. The van der Waals surface area contributed by atoms with E-state index in [2.05, 4.69) is 37.2 Å². The average molecular weight is 715 g/mol. The molecule has 5 rings (SSSR count). The number of hydrogen-bond acceptors (Lipinski definition) is 8. The third-order valence-corrected chi connectivity index (χ3v) is 10.7. The molecular weight excluding hydrogens is 660 g/mol. The van der Waals surface area contributed by atoms with Gasteiger partial charge in [0.05, 0.1) is 24.0 Å². The molecular formula is C41H54N4O7. The monoisotopic (exact) mass is 714 g/mol. The van der Waals surface area contributed by atoms with Crippen LogP contribution in [0.2, 0.25) is 0 Å². The van der Waals surface area contributed by atoms with Crippen molar-refractivity contribution in [2.45, 2.75) is 82.6 Å². The lowest BCUT2D eigenvalue weighted by Gasteiger charge is -2.37. The van der Waals surface area contributed by atoms with Crippen molar-refractivity contribution < 1.29 is 33.8 Å². The number of anilines is 2. The fourth-order valence-corrected chi connectivity index (χ4v) is 8.22. The predicted octanol–water partition coefficient (Wildman–Crippen LogP) is 4.96. The molecule has 0 unspecified atom stereocenters. The highest BCUT2D eigenvalue weighted by molar-refractivity contribution is 6.05. The number of ether oxygens (including phenoxy) is 2. The van der Waals surface area contributed by atoms with Gasteiger partial charge < -0.3 is 34.6 Å². The summed E-state index contributed by atoms with van der Waals surface area (Å²) in [5.74, 6) is -3.00. The number of benzene rings is 2. The zero-order chi connectivity index (χ0) is 37.3. The van der Waals surface area contributed by atoms with Gasteiger partial charge in [0, 0.05) is 50.6 Å². The van der Waals surface area contributed by atoms with Crippen molar-refractivity contribution in [2.75, 3.05) is 49.2 Å². The summed E-state index contributed by atoms with van der Waals surface area (Å²) < 4.78 is 12.3. The van der Waals surface area contributed by atoms with E-state index in [1.165, 1.54) is 0 Å². The second-order valence-corrected chi connectivity index (χ2v) is 13.8. The molecule has 3 amide bonds. The summed E-state index contributed by atoms with van der Waals surface area (Å²) >= 11 is 0. The van der Waals surface area contributed by atoms with Crippen LogP contribution in [-0.4, -0.2) is 90.8 Å². The van der Waals surface area contributed by atoms with Crippen molar-refractivity contribution in [1.82, 2.24) is 10.2 Å². The number of allylic oxidation sites excluding steroid dienone is 1. The Bertz CT molecular complexity index is 1560. The molecule has 3 heterocycles. The van der Waals surface area contributed by atoms with Crippen molar-refractivity contribution in [3.8, 4) is 0 Å². The fraction of sp³-hybridized carbons (Fsp3) is 0.512. The van der Waals surface area contributed by atoms with Crippen molar-refractivity contribution >= 4 is 35.1 Å². The number of amides is 3. The second-order valence-electron chi connectivity index (χ2n) is 13.8. The number of carbonyl (C=O) groups is 4. The standard InChI is InChI=1S/C41H54N4O7/c1-5-9-18-34(47)51-28-32(29-16-12-10-13-17-29)42-38(48)35-33-23-24-41(52-33)36(35)39(49)45(26-14-11-15-27-46)37(41)40(50)44(25-6-2)31-21-19-30(20-22-31)43(7-3)8-4/h5-6,10,12-13,16-17,19-22,32-33,35-37,46H,1-2,7-9,11,14-15,18,23-28H2,3-4H3,(H,42,48)/t32-,33+,35-,36-,37+,41-/m1/s1. The van der Waals surface area contributed by atoms with E-state index in [1.54, 1.807) is 22.0 Å². The highest BCUT2D eigenvalue weighted by Crippen LogP contribution is 2.58. The fourth-order valence-electron chi connectivity index (χ4n) is 8.22. The predicted molar refractivity (Wildman–Crippen MR) is 201 cm³/mol. The van der Waals surface area contributed by atoms with Gasteiger partial charge in [-0.2, -0.15) is 0 Å². The van der Waals surface area contributed by atoms with Gasteiger partial charge in [0.2, 0.25) is 11.8 Å². The number of hydrogen-bond donors (Lipinski definition) is 2. The number of esters is 1. The quantitative estimate of drug-likeness (QED) is 0.112. The lowest BCUT2D eigenvalue weighted by atomic mass is 9.70. The maximum absolute atomic E-state index is 14.9. The van der Waals surface area contributed by atoms with E-state index in [0.717, 1.165) is 24.3 Å². The van der Waals surface area contributed by atoms with Crippen LogP contribution in [0.15, 0.2) is 79.9 Å². The van der Waals surface area contributed by atoms with Gasteiger partial charge in [-0.05, 0) is 82.2 Å². The summed E-state index contributed by atoms with van der Waals surface area (Å²) in [6.45, 7) is 14.0. The van der Waals surface area contributed by atoms with Crippen LogP contribution in [-0.2, 0) is 28.7 Å². The summed E-state index contributed by atoms with van der Waals surface area (Å²) in [6, 6.07) is 15.5. The number of nitrogens with one attached hydrogen (secondary N) is 1. The van der Waals surface area contributed by atoms with Gasteiger partial charge in [-0.3, -0.25) is 19.2 Å². The number of nitrogens with zero attached hydrogens (tertiary/aromatic N) is 3. The molecule has 6 atom stereocenters. The number of carbonyl (C=O) groups excluding carboxylic acids is 4. The third kappa shape index (κ3) is 7.95. The average Bonchev–Trinajstić information content (AvgIpc) is 3.81. The van der Waals surface area contributed by atoms with E-state index in [-0.39, 0.29) is 43.9 Å². The Morgan fingerprint density at radius 1 is 1.04 bits per heavy atom. The van der Waals surface area contributed by atoms with Crippen molar-refractivity contribution in [1.29, 1.82) is 0 Å². The number of aliphatic hydroxyl groups is 1. The summed E-state index contributed by atoms with van der Waals surface area (Å²) in [7, 11) is 0. The van der Waals surface area contributed by atoms with Crippen LogP contribution in [0.3, 0.4) is 0 Å². The summed E-state index contributed by atoms with van der Waals surface area (Å²) in [6.07, 6.45) is 6.28. The summed E-state index contributed by atoms with van der Waals surface area (Å²) in [4.78, 5) is 61.7. The van der Waals surface area contributed by atoms with E-state index >= 15 is 0 Å². The minimum Gasteiger partial charge on any atom is -0.463 e. The molecule has 280 valence electrons. The topological polar surface area (TPSA) is 129 Å². The Labute approximate surface area is 307 Å². The first kappa shape index (κ1) is 38.7. The molecule has 3 saturated heterocycles. The van der Waals surface area contributed by atoms with Crippen LogP contribution in [0.5, 0.6) is 0 Å². The molecule has 3 aliphatic heterocycles. The van der Waals surface area contributed by atoms with Gasteiger partial charge in [0.1, 0.15) is 18.2 Å². The zero-order valence-electron chi connectivity index (χ0n) is 30.6. The molecule has 3 fully saturated rings. The van der Waals surface area contributed by atoms with Gasteiger partial charge >= 0.3 is 5.97 Å². The zero-order valence-corrected chi connectivity index (χ0v) is 30.6. The number of fused-ring (bicyclic) bond motifs is 1. The first-order chi connectivity index (χ1) is 25.2. The van der Waals surface area contributed by atoms with Crippen LogP contribution >= 0.6 is 0 Å². The van der Waals surface area contributed by atoms with E-state index < -0.39 is 41.6 Å². The first-order valence-electron chi connectivity index (χ1n) is 18.7. The molecule has 0 aromatic heterocycles. The molecule has 0 saturated carbocycles. The summed E-state index contributed by atoms with van der Waals surface area (Å²) in [5, 5.41) is 12.5. The van der Waals surface area contributed by atoms with Crippen molar-refractivity contribution in [3.05, 3.63) is 85.5 Å². The number of rotatable bonds is 20. The first-order valence-corrected chi connectivity index (χ1v) is 18.7. The Kier molecular flexibility index (Phi) is 13.3. The molecule has 2 aromatic carbocycles. The Morgan fingerprint density at radius 3 is 2.40 bits per heavy atom. The van der Waals surface area contributed by atoms with Gasteiger partial charge in [0.25, 0.3) is 5.91 Å². The Balaban J connectivity index is 1.45. The van der Waals surface area contributed by atoms with Gasteiger partial charge in [-0.1, -0.05) is 42.5 Å². The van der Waals surface area contributed by atoms with Crippen molar-refractivity contribution in [3.63, 3.8) is 0 Å². The molecule has 2 aromatic rings. The minimum atomic E-state index is -1.18. The van der Waals surface area contributed by atoms with Crippen LogP contribution in [0.1, 0.15) is 70.4 Å². The largest absolute Gasteiger partial charge is 0.463 e. The van der Waals surface area contributed by atoms with Gasteiger partial charge in [0.15, 0.2) is 0 Å². The molecule has 2 bridgehead atoms. The molecule has 11 nitrogen and oxygen atoms in total. The second kappa shape index (κ2) is 17.8. The SMILES string of the molecule is C=CCCC(=O)OC[C@@H](NC(=O)[C@@H]1[C@@H]2CC[C@]3(O2)[C@H](C(=O)N(CC=C)c2ccc(N(CC)CC)cc2)N(CCCCCO)C(=O)[C@@H]13)c1ccccc1. The van der Waals surface area contributed by atoms with Crippen LogP contribution < -0.4 is 15.1 Å². The lowest BCUT2D eigenvalue weighted by molar-refractivity contribution is -0.146. The lowest BCUT2D eigenvalue weighted by Crippen LogP contribution is -2.56. The summed E-state index contributed by atoms with van der Waals surface area (Å²) in [5.41, 5.74) is 1.31. The minimum absolute atomic E-state index is 0.0403. The Morgan fingerprint density at radius 2 is 1.75 bits per heavy atom. The molecule has 1 spiro atoms. The van der Waals surface area contributed by atoms with Gasteiger partial charge in [-0.15, -0.1) is 13.2 Å². The van der Waals surface area contributed by atoms with E-state index in [4.69, 9.17) is 9.47 Å². The molecule has 52 heavy (non-hydrogen) atoms. The molecule has 0 aliphatic carbocycles. The normalized spacial score (nSPS) is 23.5. The van der Waals surface area contributed by atoms with E-state index in [1.807, 2.05) is 54.6 Å². The highest BCUT2D eigenvalue weighted by Gasteiger charge is 2.74. The van der Waals surface area contributed by atoms with Crippen molar-refractivity contribution in [2.24, 2.45) is 11.8 Å². The van der Waals surface area contributed by atoms with E-state index in [9.17, 15) is 24.3 Å². The maximum atomic E-state index is 14.9. The molecule has 11 heteroatoms. The molecule has 3 aliphatic rings. The molecule has 2 N–H and O–H groups in total. The number of aliphatic hydroxyl groups excluding tert-OH is 1. The van der Waals surface area contributed by atoms with Crippen LogP contribution in [0.25, 0.3) is 0 Å². The molecule has 0 radical (unpaired) electrons. The third-order valence-electron chi connectivity index (χ3n) is 10.7. The smallest absolute Gasteiger partial charge is 0.306 e. The van der Waals surface area contributed by atoms with Crippen LogP contribution in [0.4, 0.5) is 11.4 Å². The van der Waals surface area contributed by atoms with Gasteiger partial charge in [-0.25, -0.2) is 0 Å². The maximum Gasteiger partial charge on any atom is 0.306 e.